The molecule has 20 heavy (non-hydrogen) atoms. The van der Waals surface area contributed by atoms with E-state index in [-0.39, 0.29) is 22.7 Å². The van der Waals surface area contributed by atoms with Gasteiger partial charge >= 0.3 is 6.18 Å². The van der Waals surface area contributed by atoms with Crippen molar-refractivity contribution in [2.24, 2.45) is 0 Å². The van der Waals surface area contributed by atoms with Crippen LogP contribution in [0.4, 0.5) is 18.9 Å². The zero-order chi connectivity index (χ0) is 14.8. The number of carbonyl (C=O) groups excluding carboxylic acids is 1. The van der Waals surface area contributed by atoms with Gasteiger partial charge in [-0.15, -0.1) is 0 Å². The summed E-state index contributed by atoms with van der Waals surface area (Å²) >= 11 is 5.66. The van der Waals surface area contributed by atoms with Crippen molar-refractivity contribution in [2.45, 2.75) is 31.5 Å². The van der Waals surface area contributed by atoms with Gasteiger partial charge in [0.2, 0.25) is 5.91 Å². The first-order valence-corrected chi connectivity index (χ1v) is 6.66. The van der Waals surface area contributed by atoms with Gasteiger partial charge < -0.3 is 10.6 Å². The van der Waals surface area contributed by atoms with Gasteiger partial charge in [-0.1, -0.05) is 18.0 Å². The zero-order valence-electron chi connectivity index (χ0n) is 10.6. The summed E-state index contributed by atoms with van der Waals surface area (Å²) in [6.45, 7) is 0.738. The Morgan fingerprint density at radius 3 is 2.65 bits per heavy atom. The zero-order valence-corrected chi connectivity index (χ0v) is 11.3. The lowest BCUT2D eigenvalue weighted by Gasteiger charge is -2.22. The van der Waals surface area contributed by atoms with Crippen LogP contribution in [0.1, 0.15) is 24.8 Å². The molecule has 1 fully saturated rings. The first-order chi connectivity index (χ1) is 9.36. The van der Waals surface area contributed by atoms with Crippen LogP contribution in [0.3, 0.4) is 0 Å². The Bertz CT molecular complexity index is 499. The van der Waals surface area contributed by atoms with Gasteiger partial charge in [0.15, 0.2) is 0 Å². The van der Waals surface area contributed by atoms with Crippen LogP contribution < -0.4 is 10.6 Å². The number of nitrogens with one attached hydrogen (secondary N) is 2. The molecule has 110 valence electrons. The summed E-state index contributed by atoms with van der Waals surface area (Å²) in [4.78, 5) is 11.9. The molecule has 0 aromatic heterocycles. The van der Waals surface area contributed by atoms with Gasteiger partial charge in [0.25, 0.3) is 0 Å². The summed E-state index contributed by atoms with van der Waals surface area (Å²) in [7, 11) is 0. The van der Waals surface area contributed by atoms with Crippen molar-refractivity contribution in [2.75, 3.05) is 11.9 Å². The molecule has 1 aliphatic rings. The summed E-state index contributed by atoms with van der Waals surface area (Å²) in [6.07, 6.45) is -1.89. The predicted molar refractivity (Wildman–Crippen MR) is 70.7 cm³/mol. The van der Waals surface area contributed by atoms with Crippen molar-refractivity contribution in [3.05, 3.63) is 28.8 Å². The Balaban J connectivity index is 2.12. The molecule has 7 heteroatoms. The molecule has 2 N–H and O–H groups in total. The first-order valence-electron chi connectivity index (χ1n) is 6.28. The monoisotopic (exact) mass is 306 g/mol. The molecule has 1 saturated heterocycles. The van der Waals surface area contributed by atoms with Crippen LogP contribution in [0.15, 0.2) is 18.2 Å². The molecule has 1 aromatic carbocycles. The third-order valence-electron chi connectivity index (χ3n) is 3.12. The number of piperidine rings is 1. The number of amides is 1. The molecule has 0 spiro atoms. The molecule has 0 bridgehead atoms. The van der Waals surface area contributed by atoms with E-state index in [1.165, 1.54) is 6.07 Å². The van der Waals surface area contributed by atoms with E-state index in [1.54, 1.807) is 0 Å². The van der Waals surface area contributed by atoms with Crippen molar-refractivity contribution in [1.29, 1.82) is 0 Å². The smallest absolute Gasteiger partial charge is 0.325 e. The molecule has 1 aromatic rings. The summed E-state index contributed by atoms with van der Waals surface area (Å²) in [5.41, 5.74) is -0.820. The van der Waals surface area contributed by atoms with Crippen LogP contribution in [-0.4, -0.2) is 18.5 Å². The van der Waals surface area contributed by atoms with Crippen molar-refractivity contribution in [3.8, 4) is 0 Å². The quantitative estimate of drug-likeness (QED) is 0.879. The summed E-state index contributed by atoms with van der Waals surface area (Å²) in [5, 5.41) is 5.45. The minimum absolute atomic E-state index is 0.0576. The highest BCUT2D eigenvalue weighted by molar-refractivity contribution is 6.31. The summed E-state index contributed by atoms with van der Waals surface area (Å²) in [6, 6.07) is 2.65. The topological polar surface area (TPSA) is 41.1 Å². The van der Waals surface area contributed by atoms with Crippen LogP contribution in [-0.2, 0) is 11.0 Å². The minimum Gasteiger partial charge on any atom is -0.325 e. The lowest BCUT2D eigenvalue weighted by atomic mass is 10.0. The van der Waals surface area contributed by atoms with Gasteiger partial charge in [-0.25, -0.2) is 0 Å². The highest BCUT2D eigenvalue weighted by atomic mass is 35.5. The van der Waals surface area contributed by atoms with Crippen LogP contribution in [0.5, 0.6) is 0 Å². The molecule has 2 rings (SSSR count). The van der Waals surface area contributed by atoms with Crippen molar-refractivity contribution >= 4 is 23.2 Å². The van der Waals surface area contributed by atoms with Gasteiger partial charge in [-0.3, -0.25) is 4.79 Å². The molecule has 3 nitrogen and oxygen atoms in total. The molecule has 1 amide bonds. The number of hydrogen-bond donors (Lipinski definition) is 2. The van der Waals surface area contributed by atoms with Crippen LogP contribution in [0.25, 0.3) is 0 Å². The Morgan fingerprint density at radius 1 is 1.30 bits per heavy atom. The molecule has 0 saturated carbocycles. The molecule has 0 unspecified atom stereocenters. The predicted octanol–water partition coefficient (Wildman–Crippen LogP) is 3.44. The van der Waals surface area contributed by atoms with Gasteiger partial charge in [0.05, 0.1) is 11.6 Å². The van der Waals surface area contributed by atoms with E-state index in [4.69, 9.17) is 11.6 Å². The fraction of sp³-hybridized carbons (Fsp3) is 0.462. The number of hydrogen-bond acceptors (Lipinski definition) is 2. The van der Waals surface area contributed by atoms with E-state index in [9.17, 15) is 18.0 Å². The maximum atomic E-state index is 12.7. The van der Waals surface area contributed by atoms with Gasteiger partial charge in [0, 0.05) is 10.7 Å². The van der Waals surface area contributed by atoms with E-state index in [1.807, 2.05) is 0 Å². The number of halogens is 4. The summed E-state index contributed by atoms with van der Waals surface area (Å²) in [5.74, 6) is -0.333. The third-order valence-corrected chi connectivity index (χ3v) is 3.34. The second-order valence-electron chi connectivity index (χ2n) is 4.72. The number of benzene rings is 1. The van der Waals surface area contributed by atoms with Gasteiger partial charge in [-0.2, -0.15) is 13.2 Å². The number of rotatable bonds is 2. The maximum absolute atomic E-state index is 12.7. The fourth-order valence-corrected chi connectivity index (χ4v) is 2.37. The standard InChI is InChI=1S/C13H14ClF3N2O/c14-9-5-8(13(15,16)17)6-10(7-9)19-12(20)11-3-1-2-4-18-11/h5-7,11,18H,1-4H2,(H,19,20)/t11-/m1/s1. The van der Waals surface area contributed by atoms with E-state index in [0.717, 1.165) is 31.5 Å². The molecule has 0 aliphatic carbocycles. The van der Waals surface area contributed by atoms with Crippen LogP contribution in [0, 0.1) is 0 Å². The Labute approximate surface area is 119 Å². The lowest BCUT2D eigenvalue weighted by molar-refractivity contribution is -0.137. The number of anilines is 1. The SMILES string of the molecule is O=C(Nc1cc(Cl)cc(C(F)(F)F)c1)[C@H]1CCCCN1. The van der Waals surface area contributed by atoms with E-state index in [2.05, 4.69) is 10.6 Å². The van der Waals surface area contributed by atoms with Gasteiger partial charge in [0.1, 0.15) is 0 Å². The average molecular weight is 307 g/mol. The second-order valence-corrected chi connectivity index (χ2v) is 5.15. The molecular weight excluding hydrogens is 293 g/mol. The second kappa shape index (κ2) is 6.01. The molecule has 1 aliphatic heterocycles. The molecular formula is C13H14ClF3N2O. The highest BCUT2D eigenvalue weighted by Gasteiger charge is 2.31. The van der Waals surface area contributed by atoms with Gasteiger partial charge in [-0.05, 0) is 37.6 Å². The van der Waals surface area contributed by atoms with Crippen LogP contribution in [0.2, 0.25) is 5.02 Å². The molecule has 1 heterocycles. The molecule has 0 radical (unpaired) electrons. The van der Waals surface area contributed by atoms with Crippen molar-refractivity contribution in [3.63, 3.8) is 0 Å². The highest BCUT2D eigenvalue weighted by Crippen LogP contribution is 2.33. The average Bonchev–Trinajstić information content (AvgIpc) is 2.38. The van der Waals surface area contributed by atoms with E-state index >= 15 is 0 Å². The van der Waals surface area contributed by atoms with E-state index in [0.29, 0.717) is 6.42 Å². The third kappa shape index (κ3) is 3.86. The number of alkyl halides is 3. The number of carbonyl (C=O) groups is 1. The summed E-state index contributed by atoms with van der Waals surface area (Å²) < 4.78 is 38.0. The largest absolute Gasteiger partial charge is 0.416 e. The maximum Gasteiger partial charge on any atom is 0.416 e. The Hall–Kier alpha value is -1.27. The van der Waals surface area contributed by atoms with Crippen molar-refractivity contribution in [1.82, 2.24) is 5.32 Å². The Kier molecular flexibility index (Phi) is 4.55. The van der Waals surface area contributed by atoms with E-state index < -0.39 is 11.7 Å². The van der Waals surface area contributed by atoms with Crippen molar-refractivity contribution < 1.29 is 18.0 Å². The molecule has 1 atom stereocenters. The minimum atomic E-state index is -4.49. The van der Waals surface area contributed by atoms with Crippen LogP contribution >= 0.6 is 11.6 Å². The fourth-order valence-electron chi connectivity index (χ4n) is 2.13. The lowest BCUT2D eigenvalue weighted by Crippen LogP contribution is -2.43. The first kappa shape index (κ1) is 15.1. The normalized spacial score (nSPS) is 19.7. The Morgan fingerprint density at radius 2 is 2.05 bits per heavy atom.